The zero-order valence-corrected chi connectivity index (χ0v) is 11.8. The van der Waals surface area contributed by atoms with E-state index < -0.39 is 10.0 Å². The number of halogens is 2. The van der Waals surface area contributed by atoms with E-state index in [1.165, 1.54) is 36.5 Å². The summed E-state index contributed by atoms with van der Waals surface area (Å²) in [4.78, 5) is 3.78. The Morgan fingerprint density at radius 3 is 2.53 bits per heavy atom. The predicted molar refractivity (Wildman–Crippen MR) is 75.9 cm³/mol. The highest BCUT2D eigenvalue weighted by Crippen LogP contribution is 2.24. The molecule has 0 radical (unpaired) electrons. The highest BCUT2D eigenvalue weighted by molar-refractivity contribution is 7.92. The Labute approximate surface area is 120 Å². The molecule has 0 aliphatic carbocycles. The lowest BCUT2D eigenvalue weighted by atomic mass is 10.3. The van der Waals surface area contributed by atoms with Crippen molar-refractivity contribution in [2.45, 2.75) is 4.90 Å². The minimum atomic E-state index is -3.74. The van der Waals surface area contributed by atoms with E-state index in [-0.39, 0.29) is 15.7 Å². The molecule has 2 rings (SSSR count). The molecule has 0 amide bonds. The van der Waals surface area contributed by atoms with Crippen LogP contribution in [0.15, 0.2) is 41.4 Å². The van der Waals surface area contributed by atoms with Gasteiger partial charge in [0.1, 0.15) is 5.15 Å². The summed E-state index contributed by atoms with van der Waals surface area (Å²) in [5.74, 6) is 0. The number of anilines is 2. The molecule has 5 nitrogen and oxygen atoms in total. The number of sulfonamides is 1. The summed E-state index contributed by atoms with van der Waals surface area (Å²) in [6, 6.07) is 6.96. The fourth-order valence-corrected chi connectivity index (χ4v) is 2.74. The van der Waals surface area contributed by atoms with Crippen LogP contribution in [0.4, 0.5) is 11.4 Å². The van der Waals surface area contributed by atoms with Crippen molar-refractivity contribution in [3.05, 3.63) is 46.7 Å². The van der Waals surface area contributed by atoms with Gasteiger partial charge in [0.15, 0.2) is 0 Å². The first-order chi connectivity index (χ1) is 8.88. The summed E-state index contributed by atoms with van der Waals surface area (Å²) >= 11 is 11.4. The maximum absolute atomic E-state index is 12.1. The van der Waals surface area contributed by atoms with Gasteiger partial charge in [-0.1, -0.05) is 23.2 Å². The van der Waals surface area contributed by atoms with Gasteiger partial charge in [-0.2, -0.15) is 0 Å². The maximum Gasteiger partial charge on any atom is 0.261 e. The Bertz CT molecular complexity index is 720. The Morgan fingerprint density at radius 2 is 1.89 bits per heavy atom. The van der Waals surface area contributed by atoms with Crippen molar-refractivity contribution in [2.75, 3.05) is 10.5 Å². The molecule has 19 heavy (non-hydrogen) atoms. The molecular formula is C11H9Cl2N3O2S. The minimum absolute atomic E-state index is 0.0161. The number of nitrogens with zero attached hydrogens (tertiary/aromatic N) is 1. The molecule has 100 valence electrons. The van der Waals surface area contributed by atoms with Gasteiger partial charge >= 0.3 is 0 Å². The van der Waals surface area contributed by atoms with Gasteiger partial charge in [-0.05, 0) is 30.3 Å². The zero-order valence-electron chi connectivity index (χ0n) is 9.47. The fourth-order valence-electron chi connectivity index (χ4n) is 1.37. The molecule has 1 aromatic heterocycles. The Balaban J connectivity index is 2.35. The fraction of sp³-hybridized carbons (Fsp3) is 0. The molecular weight excluding hydrogens is 309 g/mol. The van der Waals surface area contributed by atoms with Crippen LogP contribution < -0.4 is 10.5 Å². The number of nitrogens with two attached hydrogens (primary N) is 1. The Hall–Kier alpha value is -1.50. The molecule has 0 spiro atoms. The molecule has 1 aromatic carbocycles. The molecule has 2 aromatic rings. The molecule has 0 saturated heterocycles. The molecule has 0 fully saturated rings. The number of pyridine rings is 1. The van der Waals surface area contributed by atoms with Crippen molar-refractivity contribution < 1.29 is 8.42 Å². The van der Waals surface area contributed by atoms with Crippen LogP contribution in [0.1, 0.15) is 0 Å². The zero-order chi connectivity index (χ0) is 14.0. The lowest BCUT2D eigenvalue weighted by molar-refractivity contribution is 0.601. The number of hydrogen-bond acceptors (Lipinski definition) is 4. The van der Waals surface area contributed by atoms with Gasteiger partial charge in [0, 0.05) is 6.20 Å². The smallest absolute Gasteiger partial charge is 0.261 e. The largest absolute Gasteiger partial charge is 0.397 e. The van der Waals surface area contributed by atoms with Gasteiger partial charge in [-0.3, -0.25) is 4.72 Å². The molecule has 0 atom stereocenters. The normalized spacial score (nSPS) is 11.3. The summed E-state index contributed by atoms with van der Waals surface area (Å²) < 4.78 is 26.6. The monoisotopic (exact) mass is 317 g/mol. The first kappa shape index (κ1) is 13.9. The molecule has 3 N–H and O–H groups in total. The number of nitrogen functional groups attached to an aromatic ring is 1. The lowest BCUT2D eigenvalue weighted by Crippen LogP contribution is -2.13. The second kappa shape index (κ2) is 5.24. The quantitative estimate of drug-likeness (QED) is 0.673. The summed E-state index contributed by atoms with van der Waals surface area (Å²) in [7, 11) is -3.74. The van der Waals surface area contributed by atoms with Crippen molar-refractivity contribution >= 4 is 44.6 Å². The molecule has 8 heteroatoms. The first-order valence-electron chi connectivity index (χ1n) is 5.08. The van der Waals surface area contributed by atoms with E-state index in [0.29, 0.717) is 10.7 Å². The van der Waals surface area contributed by atoms with Crippen LogP contribution in [0.3, 0.4) is 0 Å². The molecule has 0 bridgehead atoms. The summed E-state index contributed by atoms with van der Waals surface area (Å²) in [5, 5.41) is 0.488. The second-order valence-corrected chi connectivity index (χ2v) is 6.13. The topological polar surface area (TPSA) is 85.1 Å². The Morgan fingerprint density at radius 1 is 1.16 bits per heavy atom. The number of aromatic nitrogens is 1. The third-order valence-corrected chi connectivity index (χ3v) is 4.19. The van der Waals surface area contributed by atoms with Gasteiger partial charge < -0.3 is 5.73 Å². The van der Waals surface area contributed by atoms with Crippen LogP contribution >= 0.6 is 23.2 Å². The number of hydrogen-bond donors (Lipinski definition) is 2. The molecule has 0 aliphatic heterocycles. The van der Waals surface area contributed by atoms with E-state index in [1.807, 2.05) is 0 Å². The molecule has 0 unspecified atom stereocenters. The van der Waals surface area contributed by atoms with Crippen molar-refractivity contribution in [2.24, 2.45) is 0 Å². The van der Waals surface area contributed by atoms with Crippen LogP contribution in [0.2, 0.25) is 10.2 Å². The molecule has 1 heterocycles. The van der Waals surface area contributed by atoms with Crippen LogP contribution in [-0.4, -0.2) is 13.4 Å². The highest BCUT2D eigenvalue weighted by atomic mass is 35.5. The third-order valence-electron chi connectivity index (χ3n) is 2.26. The van der Waals surface area contributed by atoms with Crippen molar-refractivity contribution in [1.82, 2.24) is 4.98 Å². The van der Waals surface area contributed by atoms with Crippen molar-refractivity contribution in [3.63, 3.8) is 0 Å². The minimum Gasteiger partial charge on any atom is -0.397 e. The van der Waals surface area contributed by atoms with Crippen LogP contribution in [0.5, 0.6) is 0 Å². The highest BCUT2D eigenvalue weighted by Gasteiger charge is 2.15. The lowest BCUT2D eigenvalue weighted by Gasteiger charge is -2.09. The van der Waals surface area contributed by atoms with E-state index in [4.69, 9.17) is 28.9 Å². The first-order valence-corrected chi connectivity index (χ1v) is 7.32. The third kappa shape index (κ3) is 3.28. The maximum atomic E-state index is 12.1. The van der Waals surface area contributed by atoms with Crippen LogP contribution in [-0.2, 0) is 10.0 Å². The number of rotatable bonds is 3. The predicted octanol–water partition coefficient (Wildman–Crippen LogP) is 2.77. The van der Waals surface area contributed by atoms with E-state index in [0.717, 1.165) is 0 Å². The standard InChI is InChI=1S/C11H9Cl2N3O2S/c12-9-2-1-8(6-10(9)14)19(17,18)16-7-3-4-15-11(13)5-7/h1-6H,14H2,(H,15,16). The average molecular weight is 318 g/mol. The number of benzene rings is 1. The van der Waals surface area contributed by atoms with Gasteiger partial charge in [0.05, 0.1) is 21.3 Å². The molecule has 0 saturated carbocycles. The van der Waals surface area contributed by atoms with Crippen LogP contribution in [0.25, 0.3) is 0 Å². The van der Waals surface area contributed by atoms with Crippen molar-refractivity contribution in [3.8, 4) is 0 Å². The van der Waals surface area contributed by atoms with Crippen LogP contribution in [0, 0.1) is 0 Å². The SMILES string of the molecule is Nc1cc(S(=O)(=O)Nc2ccnc(Cl)c2)ccc1Cl. The summed E-state index contributed by atoms with van der Waals surface area (Å²) in [6.07, 6.45) is 1.40. The average Bonchev–Trinajstić information content (AvgIpc) is 2.32. The van der Waals surface area contributed by atoms with E-state index in [9.17, 15) is 8.42 Å². The second-order valence-electron chi connectivity index (χ2n) is 3.66. The molecule has 0 aliphatic rings. The van der Waals surface area contributed by atoms with E-state index in [2.05, 4.69) is 9.71 Å². The Kier molecular flexibility index (Phi) is 3.84. The van der Waals surface area contributed by atoms with Crippen molar-refractivity contribution in [1.29, 1.82) is 0 Å². The van der Waals surface area contributed by atoms with Gasteiger partial charge in [0.2, 0.25) is 0 Å². The van der Waals surface area contributed by atoms with Gasteiger partial charge in [0.25, 0.3) is 10.0 Å². The van der Waals surface area contributed by atoms with Gasteiger partial charge in [-0.25, -0.2) is 13.4 Å². The van der Waals surface area contributed by atoms with E-state index >= 15 is 0 Å². The van der Waals surface area contributed by atoms with E-state index in [1.54, 1.807) is 0 Å². The summed E-state index contributed by atoms with van der Waals surface area (Å²) in [5.41, 5.74) is 6.08. The number of nitrogens with one attached hydrogen (secondary N) is 1. The van der Waals surface area contributed by atoms with Gasteiger partial charge in [-0.15, -0.1) is 0 Å². The summed E-state index contributed by atoms with van der Waals surface area (Å²) in [6.45, 7) is 0.